The van der Waals surface area contributed by atoms with Crippen LogP contribution in [0.3, 0.4) is 0 Å². The molecule has 1 aromatic rings. The molecule has 0 spiro atoms. The summed E-state index contributed by atoms with van der Waals surface area (Å²) in [6.45, 7) is 1.66. The van der Waals surface area contributed by atoms with Gasteiger partial charge in [-0.2, -0.15) is 12.0 Å². The van der Waals surface area contributed by atoms with Crippen LogP contribution in [0.2, 0.25) is 0 Å². The zero-order valence-electron chi connectivity index (χ0n) is 6.57. The Bertz CT molecular complexity index is 236. The Morgan fingerprint density at radius 2 is 1.91 bits per heavy atom. The van der Waals surface area contributed by atoms with Crippen molar-refractivity contribution in [1.29, 1.82) is 0 Å². The van der Waals surface area contributed by atoms with Gasteiger partial charge in [-0.05, 0) is 6.07 Å². The van der Waals surface area contributed by atoms with Crippen LogP contribution >= 0.6 is 0 Å². The summed E-state index contributed by atoms with van der Waals surface area (Å²) in [7, 11) is 0. The molecular formula is C8H7CsF2. The second-order valence-electron chi connectivity index (χ2n) is 1.95. The van der Waals surface area contributed by atoms with Crippen LogP contribution in [0.25, 0.3) is 0 Å². The van der Waals surface area contributed by atoms with Crippen molar-refractivity contribution in [3.05, 3.63) is 41.8 Å². The van der Waals surface area contributed by atoms with Crippen LogP contribution in [0.1, 0.15) is 12.5 Å². The van der Waals surface area contributed by atoms with E-state index in [0.717, 1.165) is 18.2 Å². The van der Waals surface area contributed by atoms with Crippen molar-refractivity contribution >= 4 is 0 Å². The van der Waals surface area contributed by atoms with Gasteiger partial charge in [-0.25, -0.2) is 4.39 Å². The molecule has 1 aromatic carbocycles. The van der Waals surface area contributed by atoms with E-state index in [-0.39, 0.29) is 74.7 Å². The SMILES string of the molecule is C[CH-]c1cc(F)ccc1F.[Cs+]. The first-order valence-electron chi connectivity index (χ1n) is 2.98. The predicted molar refractivity (Wildman–Crippen MR) is 35.4 cm³/mol. The fourth-order valence-corrected chi connectivity index (χ4v) is 0.736. The largest absolute Gasteiger partial charge is 1.00 e. The van der Waals surface area contributed by atoms with Crippen LogP contribution in [0.4, 0.5) is 8.78 Å². The normalized spacial score (nSPS) is 8.64. The Morgan fingerprint density at radius 1 is 1.27 bits per heavy atom. The molecule has 0 radical (unpaired) electrons. The molecule has 3 heteroatoms. The van der Waals surface area contributed by atoms with Crippen molar-refractivity contribution in [3.8, 4) is 0 Å². The van der Waals surface area contributed by atoms with Gasteiger partial charge in [0.15, 0.2) is 0 Å². The topological polar surface area (TPSA) is 0 Å². The van der Waals surface area contributed by atoms with Crippen LogP contribution in [0.5, 0.6) is 0 Å². The summed E-state index contributed by atoms with van der Waals surface area (Å²) in [6, 6.07) is 3.38. The van der Waals surface area contributed by atoms with Crippen LogP contribution in [0, 0.1) is 18.1 Å². The van der Waals surface area contributed by atoms with Gasteiger partial charge in [-0.1, -0.05) is 13.0 Å². The third-order valence-corrected chi connectivity index (χ3v) is 1.27. The second kappa shape index (κ2) is 5.61. The number of halogens is 2. The summed E-state index contributed by atoms with van der Waals surface area (Å²) in [5, 5.41) is 0. The van der Waals surface area contributed by atoms with Gasteiger partial charge in [0.05, 0.1) is 5.82 Å². The fourth-order valence-electron chi connectivity index (χ4n) is 0.736. The minimum absolute atomic E-state index is 0. The monoisotopic (exact) mass is 274 g/mol. The predicted octanol–water partition coefficient (Wildman–Crippen LogP) is -0.459. The molecule has 0 bridgehead atoms. The van der Waals surface area contributed by atoms with Crippen LogP contribution in [0.15, 0.2) is 18.2 Å². The van der Waals surface area contributed by atoms with E-state index in [0.29, 0.717) is 5.56 Å². The van der Waals surface area contributed by atoms with E-state index in [1.165, 1.54) is 6.42 Å². The Kier molecular flexibility index (Phi) is 6.13. The number of hydrogen-bond acceptors (Lipinski definition) is 0. The maximum atomic E-state index is 12.6. The molecule has 0 amide bonds. The molecule has 0 saturated carbocycles. The Morgan fingerprint density at radius 3 is 2.36 bits per heavy atom. The molecule has 0 aliphatic carbocycles. The summed E-state index contributed by atoms with van der Waals surface area (Å²) in [5.41, 5.74) is 0.306. The molecule has 0 N–H and O–H groups in total. The van der Waals surface area contributed by atoms with Gasteiger partial charge in [0, 0.05) is 5.82 Å². The van der Waals surface area contributed by atoms with E-state index in [1.807, 2.05) is 0 Å². The number of benzene rings is 1. The van der Waals surface area contributed by atoms with Crippen molar-refractivity contribution in [2.75, 3.05) is 0 Å². The van der Waals surface area contributed by atoms with Gasteiger partial charge in [0.1, 0.15) is 0 Å². The Balaban J connectivity index is 0.000001000. The zero-order valence-corrected chi connectivity index (χ0v) is 12.8. The number of rotatable bonds is 1. The molecule has 0 aromatic heterocycles. The second-order valence-corrected chi connectivity index (χ2v) is 1.95. The molecule has 0 saturated heterocycles. The summed E-state index contributed by atoms with van der Waals surface area (Å²) in [5.74, 6) is -0.793. The van der Waals surface area contributed by atoms with Crippen molar-refractivity contribution in [2.24, 2.45) is 0 Å². The van der Waals surface area contributed by atoms with Gasteiger partial charge in [0.25, 0.3) is 0 Å². The smallest absolute Gasteiger partial charge is 0.284 e. The van der Waals surface area contributed by atoms with Crippen LogP contribution in [-0.2, 0) is 0 Å². The van der Waals surface area contributed by atoms with Gasteiger partial charge >= 0.3 is 68.9 Å². The maximum absolute atomic E-state index is 12.6. The Labute approximate surface area is 124 Å². The fraction of sp³-hybridized carbons (Fsp3) is 0.125. The number of hydrogen-bond donors (Lipinski definition) is 0. The molecular weight excluding hydrogens is 267 g/mol. The molecule has 0 unspecified atom stereocenters. The summed E-state index contributed by atoms with van der Waals surface area (Å²) in [6.07, 6.45) is 1.53. The summed E-state index contributed by atoms with van der Waals surface area (Å²) >= 11 is 0. The molecule has 0 aliphatic heterocycles. The van der Waals surface area contributed by atoms with Crippen LogP contribution < -0.4 is 68.9 Å². The molecule has 0 fully saturated rings. The van der Waals surface area contributed by atoms with Gasteiger partial charge in [-0.3, -0.25) is 4.39 Å². The van der Waals surface area contributed by atoms with Crippen LogP contribution in [-0.4, -0.2) is 0 Å². The maximum Gasteiger partial charge on any atom is 1.00 e. The quantitative estimate of drug-likeness (QED) is 0.608. The molecule has 0 atom stereocenters. The van der Waals surface area contributed by atoms with E-state index in [1.54, 1.807) is 6.92 Å². The summed E-state index contributed by atoms with van der Waals surface area (Å²) < 4.78 is 24.9. The zero-order chi connectivity index (χ0) is 7.56. The standard InChI is InChI=1S/C8H7F2.Cs/c1-2-6-5-7(9)3-4-8(6)10;/h2-5H,1H3;/q-1;+1. The van der Waals surface area contributed by atoms with E-state index in [2.05, 4.69) is 0 Å². The molecule has 1 rings (SSSR count). The van der Waals surface area contributed by atoms with Crippen molar-refractivity contribution in [1.82, 2.24) is 0 Å². The molecule has 0 aliphatic rings. The first-order valence-corrected chi connectivity index (χ1v) is 2.98. The van der Waals surface area contributed by atoms with Crippen molar-refractivity contribution in [3.63, 3.8) is 0 Å². The van der Waals surface area contributed by atoms with Crippen molar-refractivity contribution < 1.29 is 77.7 Å². The van der Waals surface area contributed by atoms with Crippen molar-refractivity contribution in [2.45, 2.75) is 6.92 Å². The van der Waals surface area contributed by atoms with E-state index in [4.69, 9.17) is 0 Å². The van der Waals surface area contributed by atoms with E-state index < -0.39 is 5.82 Å². The van der Waals surface area contributed by atoms with E-state index in [9.17, 15) is 8.78 Å². The average Bonchev–Trinajstić information content (AvgIpc) is 1.94. The third-order valence-electron chi connectivity index (χ3n) is 1.27. The average molecular weight is 274 g/mol. The van der Waals surface area contributed by atoms with Gasteiger partial charge < -0.3 is 0 Å². The van der Waals surface area contributed by atoms with Gasteiger partial charge in [-0.15, -0.1) is 6.07 Å². The van der Waals surface area contributed by atoms with Gasteiger partial charge in [0.2, 0.25) is 0 Å². The summed E-state index contributed by atoms with van der Waals surface area (Å²) in [4.78, 5) is 0. The minimum atomic E-state index is -0.408. The molecule has 0 nitrogen and oxygen atoms in total. The molecule has 54 valence electrons. The molecule has 0 heterocycles. The first kappa shape index (κ1) is 12.0. The molecule has 11 heavy (non-hydrogen) atoms. The third kappa shape index (κ3) is 3.48. The first-order chi connectivity index (χ1) is 4.74. The minimum Gasteiger partial charge on any atom is -0.284 e. The Hall–Kier alpha value is 1.00. The van der Waals surface area contributed by atoms with E-state index >= 15 is 0 Å².